The van der Waals surface area contributed by atoms with E-state index in [1.165, 1.54) is 24.8 Å². The first-order valence-corrected chi connectivity index (χ1v) is 9.56. The normalized spacial score (nSPS) is 10.7. The fourth-order valence-corrected chi connectivity index (χ4v) is 3.82. The number of rotatable bonds is 7. The summed E-state index contributed by atoms with van der Waals surface area (Å²) in [5.74, 6) is 0.0573. The highest BCUT2D eigenvalue weighted by Gasteiger charge is 2.19. The van der Waals surface area contributed by atoms with E-state index in [2.05, 4.69) is 30.3 Å². The lowest BCUT2D eigenvalue weighted by Gasteiger charge is -2.07. The minimum Gasteiger partial charge on any atom is -0.469 e. The van der Waals surface area contributed by atoms with Crippen molar-refractivity contribution >= 4 is 39.2 Å². The van der Waals surface area contributed by atoms with Crippen molar-refractivity contribution in [2.45, 2.75) is 26.8 Å². The third-order valence-electron chi connectivity index (χ3n) is 4.16. The molecule has 146 valence electrons. The predicted molar refractivity (Wildman–Crippen MR) is 107 cm³/mol. The number of aromatic nitrogens is 3. The van der Waals surface area contributed by atoms with E-state index in [4.69, 9.17) is 0 Å². The first-order valence-electron chi connectivity index (χ1n) is 8.75. The Balaban J connectivity index is 1.78. The Kier molecular flexibility index (Phi) is 6.15. The second-order valence-corrected chi connectivity index (χ2v) is 7.16. The molecule has 28 heavy (non-hydrogen) atoms. The van der Waals surface area contributed by atoms with Gasteiger partial charge in [-0.1, -0.05) is 6.07 Å². The zero-order chi connectivity index (χ0) is 20.1. The van der Waals surface area contributed by atoms with E-state index in [1.807, 2.05) is 32.0 Å². The Hall–Kier alpha value is -3.07. The standard InChI is InChI=1S/C19H21N5O3S/c1-11-5-4-6-13(24-11)9-21-17-15-12(2)16(28-19(15)23-10-22-17)18(26)20-8-7-14(25)27-3/h4-6,10H,7-9H2,1-3H3,(H,20,26)(H,21,22,23). The molecule has 0 radical (unpaired) electrons. The van der Waals surface area contributed by atoms with Crippen molar-refractivity contribution in [3.05, 3.63) is 46.4 Å². The fourth-order valence-electron chi connectivity index (χ4n) is 2.75. The van der Waals surface area contributed by atoms with Crippen molar-refractivity contribution in [1.82, 2.24) is 20.3 Å². The summed E-state index contributed by atoms with van der Waals surface area (Å²) in [4.78, 5) is 38.1. The molecule has 0 saturated heterocycles. The molecule has 8 nitrogen and oxygen atoms in total. The van der Waals surface area contributed by atoms with Crippen molar-refractivity contribution in [1.29, 1.82) is 0 Å². The Morgan fingerprint density at radius 2 is 2.04 bits per heavy atom. The molecule has 2 N–H and O–H groups in total. The number of methoxy groups -OCH3 is 1. The van der Waals surface area contributed by atoms with Gasteiger partial charge >= 0.3 is 5.97 Å². The first-order chi connectivity index (χ1) is 13.5. The van der Waals surface area contributed by atoms with E-state index < -0.39 is 0 Å². The van der Waals surface area contributed by atoms with E-state index in [1.54, 1.807) is 0 Å². The van der Waals surface area contributed by atoms with Gasteiger partial charge in [-0.15, -0.1) is 11.3 Å². The summed E-state index contributed by atoms with van der Waals surface area (Å²) in [6.07, 6.45) is 1.60. The number of amides is 1. The number of ether oxygens (including phenoxy) is 1. The number of hydrogen-bond donors (Lipinski definition) is 2. The number of esters is 1. The number of fused-ring (bicyclic) bond motifs is 1. The van der Waals surface area contributed by atoms with Crippen LogP contribution in [0.15, 0.2) is 24.5 Å². The summed E-state index contributed by atoms with van der Waals surface area (Å²) in [6, 6.07) is 5.85. The van der Waals surface area contributed by atoms with Gasteiger partial charge in [0.25, 0.3) is 5.91 Å². The molecule has 0 unspecified atom stereocenters. The molecule has 0 aliphatic heterocycles. The molecule has 3 rings (SSSR count). The Bertz CT molecular complexity index is 1020. The zero-order valence-electron chi connectivity index (χ0n) is 15.9. The van der Waals surface area contributed by atoms with E-state index in [0.717, 1.165) is 27.2 Å². The molecule has 1 amide bonds. The van der Waals surface area contributed by atoms with Crippen LogP contribution in [0.2, 0.25) is 0 Å². The molecule has 0 aromatic carbocycles. The van der Waals surface area contributed by atoms with Crippen LogP contribution < -0.4 is 10.6 Å². The van der Waals surface area contributed by atoms with Crippen LogP contribution in [0, 0.1) is 13.8 Å². The number of aryl methyl sites for hydroxylation is 2. The summed E-state index contributed by atoms with van der Waals surface area (Å²) in [5, 5.41) is 6.85. The van der Waals surface area contributed by atoms with Gasteiger partial charge in [0.1, 0.15) is 17.0 Å². The summed E-state index contributed by atoms with van der Waals surface area (Å²) in [6.45, 7) is 4.55. The maximum atomic E-state index is 12.5. The molecule has 3 heterocycles. The molecular weight excluding hydrogens is 378 g/mol. The third kappa shape index (κ3) is 4.42. The topological polar surface area (TPSA) is 106 Å². The van der Waals surface area contributed by atoms with Gasteiger partial charge in [0.15, 0.2) is 0 Å². The molecule has 3 aromatic heterocycles. The second kappa shape index (κ2) is 8.75. The molecule has 9 heteroatoms. The van der Waals surface area contributed by atoms with Gasteiger partial charge < -0.3 is 15.4 Å². The largest absolute Gasteiger partial charge is 0.469 e. The van der Waals surface area contributed by atoms with Crippen LogP contribution in [0.4, 0.5) is 5.82 Å². The van der Waals surface area contributed by atoms with Crippen molar-refractivity contribution < 1.29 is 14.3 Å². The molecule has 0 fully saturated rings. The molecule has 0 aliphatic carbocycles. The van der Waals surface area contributed by atoms with E-state index in [-0.39, 0.29) is 24.8 Å². The van der Waals surface area contributed by atoms with Gasteiger partial charge in [0.2, 0.25) is 0 Å². The number of nitrogens with zero attached hydrogens (tertiary/aromatic N) is 3. The van der Waals surface area contributed by atoms with Crippen molar-refractivity contribution in [3.8, 4) is 0 Å². The van der Waals surface area contributed by atoms with Gasteiger partial charge in [-0.25, -0.2) is 9.97 Å². The van der Waals surface area contributed by atoms with Gasteiger partial charge in [0.05, 0.1) is 36.0 Å². The van der Waals surface area contributed by atoms with Gasteiger partial charge in [-0.2, -0.15) is 0 Å². The summed E-state index contributed by atoms with van der Waals surface area (Å²) < 4.78 is 4.58. The van der Waals surface area contributed by atoms with E-state index in [9.17, 15) is 9.59 Å². The van der Waals surface area contributed by atoms with Crippen LogP contribution in [0.5, 0.6) is 0 Å². The molecular formula is C19H21N5O3S. The fraction of sp³-hybridized carbons (Fsp3) is 0.316. The van der Waals surface area contributed by atoms with Gasteiger partial charge in [0, 0.05) is 12.2 Å². The highest BCUT2D eigenvalue weighted by molar-refractivity contribution is 7.20. The van der Waals surface area contributed by atoms with E-state index >= 15 is 0 Å². The monoisotopic (exact) mass is 399 g/mol. The number of hydrogen-bond acceptors (Lipinski definition) is 8. The maximum Gasteiger partial charge on any atom is 0.307 e. The van der Waals surface area contributed by atoms with Crippen molar-refractivity contribution in [2.75, 3.05) is 19.0 Å². The minimum absolute atomic E-state index is 0.127. The lowest BCUT2D eigenvalue weighted by Crippen LogP contribution is -2.26. The number of carbonyl (C=O) groups excluding carboxylic acids is 2. The summed E-state index contributed by atoms with van der Waals surface area (Å²) in [7, 11) is 1.32. The number of pyridine rings is 1. The minimum atomic E-state index is -0.365. The molecule has 0 saturated carbocycles. The second-order valence-electron chi connectivity index (χ2n) is 6.16. The quantitative estimate of drug-likeness (QED) is 0.588. The average Bonchev–Trinajstić information content (AvgIpc) is 3.03. The third-order valence-corrected chi connectivity index (χ3v) is 5.36. The van der Waals surface area contributed by atoms with Crippen LogP contribution in [0.3, 0.4) is 0 Å². The number of carbonyl (C=O) groups is 2. The highest BCUT2D eigenvalue weighted by Crippen LogP contribution is 2.33. The van der Waals surface area contributed by atoms with E-state index in [0.29, 0.717) is 17.2 Å². The zero-order valence-corrected chi connectivity index (χ0v) is 16.7. The van der Waals surface area contributed by atoms with Crippen LogP contribution in [-0.2, 0) is 16.1 Å². The molecule has 0 bridgehead atoms. The lowest BCUT2D eigenvalue weighted by molar-refractivity contribution is -0.140. The molecule has 0 spiro atoms. The first kappa shape index (κ1) is 19.7. The number of nitrogens with one attached hydrogen (secondary N) is 2. The highest BCUT2D eigenvalue weighted by atomic mass is 32.1. The Labute approximate surface area is 166 Å². The van der Waals surface area contributed by atoms with Gasteiger partial charge in [-0.3, -0.25) is 14.6 Å². The summed E-state index contributed by atoms with van der Waals surface area (Å²) in [5.41, 5.74) is 2.65. The van der Waals surface area contributed by atoms with Crippen LogP contribution in [0.1, 0.15) is 33.0 Å². The Morgan fingerprint density at radius 1 is 1.21 bits per heavy atom. The molecule has 0 atom stereocenters. The van der Waals surface area contributed by atoms with Crippen LogP contribution >= 0.6 is 11.3 Å². The predicted octanol–water partition coefficient (Wildman–Crippen LogP) is 2.61. The molecule has 3 aromatic rings. The van der Waals surface area contributed by atoms with Crippen molar-refractivity contribution in [2.24, 2.45) is 0 Å². The van der Waals surface area contributed by atoms with Crippen LogP contribution in [-0.4, -0.2) is 40.5 Å². The Morgan fingerprint density at radius 3 is 2.79 bits per heavy atom. The van der Waals surface area contributed by atoms with Crippen LogP contribution in [0.25, 0.3) is 10.2 Å². The van der Waals surface area contributed by atoms with Crippen molar-refractivity contribution in [3.63, 3.8) is 0 Å². The maximum absolute atomic E-state index is 12.5. The summed E-state index contributed by atoms with van der Waals surface area (Å²) >= 11 is 1.30. The smallest absolute Gasteiger partial charge is 0.307 e. The SMILES string of the molecule is COC(=O)CCNC(=O)c1sc2ncnc(NCc3cccc(C)n3)c2c1C. The number of anilines is 1. The average molecular weight is 399 g/mol. The van der Waals surface area contributed by atoms with Gasteiger partial charge in [-0.05, 0) is 31.5 Å². The number of thiophene rings is 1. The lowest BCUT2D eigenvalue weighted by atomic mass is 10.2. The molecule has 0 aliphatic rings.